The van der Waals surface area contributed by atoms with Gasteiger partial charge < -0.3 is 21.3 Å². The number of anilines is 4. The largest absolute Gasteiger partial charge is 0.355 e. The summed E-state index contributed by atoms with van der Waals surface area (Å²) in [4.78, 5) is 20.6. The number of carbonyl (C=O) groups is 1. The molecule has 8 heteroatoms. The Balaban J connectivity index is 1.52. The lowest BCUT2D eigenvalue weighted by atomic mass is 9.99. The molecule has 0 aliphatic heterocycles. The lowest BCUT2D eigenvalue weighted by Crippen LogP contribution is -2.31. The van der Waals surface area contributed by atoms with E-state index in [1.807, 2.05) is 61.5 Å². The van der Waals surface area contributed by atoms with E-state index < -0.39 is 0 Å². The molecule has 1 heterocycles. The van der Waals surface area contributed by atoms with Crippen molar-refractivity contribution in [2.75, 3.05) is 30.3 Å². The maximum Gasteiger partial charge on any atom is 0.229 e. The van der Waals surface area contributed by atoms with E-state index in [-0.39, 0.29) is 5.91 Å². The van der Waals surface area contributed by atoms with Crippen molar-refractivity contribution in [3.8, 4) is 0 Å². The van der Waals surface area contributed by atoms with E-state index in [4.69, 9.17) is 7.85 Å². The molecule has 0 unspecified atom stereocenters. The number of carbonyl (C=O) groups excluding carboxylic acids is 1. The lowest BCUT2D eigenvalue weighted by molar-refractivity contribution is -0.121. The van der Waals surface area contributed by atoms with Crippen molar-refractivity contribution < 1.29 is 4.79 Å². The van der Waals surface area contributed by atoms with Crippen LogP contribution in [0.3, 0.4) is 0 Å². The summed E-state index contributed by atoms with van der Waals surface area (Å²) in [5, 5.41) is 12.5. The van der Waals surface area contributed by atoms with Crippen LogP contribution in [0.5, 0.6) is 0 Å². The summed E-state index contributed by atoms with van der Waals surface area (Å²) in [7, 11) is 6.00. The lowest BCUT2D eigenvalue weighted by Gasteiger charge is -2.11. The second kappa shape index (κ2) is 11.7. The predicted molar refractivity (Wildman–Crippen MR) is 127 cm³/mol. The Bertz CT molecular complexity index is 966. The van der Waals surface area contributed by atoms with E-state index in [0.717, 1.165) is 30.0 Å². The Morgan fingerprint density at radius 2 is 1.71 bits per heavy atom. The molecular formula is C23H27BN6O. The smallest absolute Gasteiger partial charge is 0.229 e. The molecule has 3 rings (SSSR count). The van der Waals surface area contributed by atoms with Gasteiger partial charge >= 0.3 is 0 Å². The first kappa shape index (κ1) is 22.3. The van der Waals surface area contributed by atoms with E-state index in [2.05, 4.69) is 31.2 Å². The van der Waals surface area contributed by atoms with Crippen molar-refractivity contribution in [1.82, 2.24) is 20.6 Å². The minimum absolute atomic E-state index is 0.0637. The van der Waals surface area contributed by atoms with E-state index in [9.17, 15) is 4.79 Å². The van der Waals surface area contributed by atoms with Gasteiger partial charge in [-0.25, -0.2) is 4.98 Å². The number of aryl methyl sites for hydroxylation is 1. The molecule has 0 saturated heterocycles. The minimum Gasteiger partial charge on any atom is -0.355 e. The third-order valence-corrected chi connectivity index (χ3v) is 4.58. The third kappa shape index (κ3) is 7.42. The van der Waals surface area contributed by atoms with Crippen LogP contribution in [-0.2, 0) is 11.2 Å². The number of amides is 1. The number of hydrogen-bond acceptors (Lipinski definition) is 6. The highest BCUT2D eigenvalue weighted by molar-refractivity contribution is 6.35. The van der Waals surface area contributed by atoms with Gasteiger partial charge in [-0.3, -0.25) is 4.79 Å². The summed E-state index contributed by atoms with van der Waals surface area (Å²) < 4.78 is 0. The second-order valence-corrected chi connectivity index (χ2v) is 7.01. The molecule has 31 heavy (non-hydrogen) atoms. The van der Waals surface area contributed by atoms with Gasteiger partial charge in [0.25, 0.3) is 0 Å². The van der Waals surface area contributed by atoms with Gasteiger partial charge in [-0.1, -0.05) is 37.3 Å². The molecule has 3 aromatic rings. The molecule has 0 fully saturated rings. The summed E-state index contributed by atoms with van der Waals surface area (Å²) in [6, 6.07) is 17.6. The predicted octanol–water partition coefficient (Wildman–Crippen LogP) is 2.42. The summed E-state index contributed by atoms with van der Waals surface area (Å²) in [5.74, 6) is 1.05. The van der Waals surface area contributed by atoms with Crippen molar-refractivity contribution in [3.63, 3.8) is 0 Å². The summed E-state index contributed by atoms with van der Waals surface area (Å²) in [6.45, 7) is 4.39. The van der Waals surface area contributed by atoms with Crippen molar-refractivity contribution >= 4 is 42.4 Å². The zero-order valence-electron chi connectivity index (χ0n) is 17.7. The maximum atomic E-state index is 11.9. The SMILES string of the molecule is [B]c1cnc(Nc2ccc(CCC(=O)NCCNCC)cc2)nc1Nc1ccccc1. The Kier molecular flexibility index (Phi) is 8.43. The van der Waals surface area contributed by atoms with Crippen LogP contribution in [0.25, 0.3) is 0 Å². The summed E-state index contributed by atoms with van der Waals surface area (Å²) in [6.07, 6.45) is 2.73. The molecule has 7 nitrogen and oxygen atoms in total. The fourth-order valence-corrected chi connectivity index (χ4v) is 2.91. The molecule has 2 aromatic carbocycles. The molecular weight excluding hydrogens is 387 g/mol. The number of nitrogens with zero attached hydrogens (tertiary/aromatic N) is 2. The number of hydrogen-bond donors (Lipinski definition) is 4. The molecule has 4 N–H and O–H groups in total. The normalized spacial score (nSPS) is 10.5. The number of nitrogens with one attached hydrogen (secondary N) is 4. The van der Waals surface area contributed by atoms with E-state index in [1.165, 1.54) is 0 Å². The minimum atomic E-state index is 0.0637. The van der Waals surface area contributed by atoms with Crippen LogP contribution in [0.1, 0.15) is 18.9 Å². The van der Waals surface area contributed by atoms with Crippen LogP contribution < -0.4 is 26.7 Å². The molecule has 0 spiro atoms. The van der Waals surface area contributed by atoms with Gasteiger partial charge in [0.2, 0.25) is 11.9 Å². The fourth-order valence-electron chi connectivity index (χ4n) is 2.91. The van der Waals surface area contributed by atoms with Crippen molar-refractivity contribution in [2.24, 2.45) is 0 Å². The standard InChI is InChI=1S/C23H27BN6O/c1-2-25-14-15-26-21(31)13-10-17-8-11-19(12-9-17)29-23-27-16-20(24)22(30-23)28-18-6-4-3-5-7-18/h3-9,11-12,16,25H,2,10,13-15H2,1H3,(H,26,31)(H2,27,28,29,30). The van der Waals surface area contributed by atoms with Crippen LogP contribution in [0.2, 0.25) is 0 Å². The zero-order valence-corrected chi connectivity index (χ0v) is 17.7. The van der Waals surface area contributed by atoms with Crippen LogP contribution in [-0.4, -0.2) is 43.4 Å². The monoisotopic (exact) mass is 414 g/mol. The number of rotatable bonds is 11. The number of aromatic nitrogens is 2. The van der Waals surface area contributed by atoms with Gasteiger partial charge in [0, 0.05) is 37.1 Å². The van der Waals surface area contributed by atoms with Crippen molar-refractivity contribution in [2.45, 2.75) is 19.8 Å². The van der Waals surface area contributed by atoms with Gasteiger partial charge in [0.15, 0.2) is 0 Å². The first-order chi connectivity index (χ1) is 15.1. The van der Waals surface area contributed by atoms with Crippen LogP contribution in [0, 0.1) is 0 Å². The molecule has 0 atom stereocenters. The molecule has 0 saturated carbocycles. The van der Waals surface area contributed by atoms with Crippen LogP contribution >= 0.6 is 0 Å². The Labute approximate surface area is 184 Å². The molecule has 2 radical (unpaired) electrons. The fraction of sp³-hybridized carbons (Fsp3) is 0.261. The molecule has 1 aromatic heterocycles. The van der Waals surface area contributed by atoms with Gasteiger partial charge in [0.1, 0.15) is 13.7 Å². The maximum absolute atomic E-state index is 11.9. The van der Waals surface area contributed by atoms with E-state index in [1.54, 1.807) is 6.20 Å². The van der Waals surface area contributed by atoms with Crippen LogP contribution in [0.15, 0.2) is 60.8 Å². The Morgan fingerprint density at radius 3 is 2.45 bits per heavy atom. The van der Waals surface area contributed by atoms with Gasteiger partial charge in [-0.05, 0) is 48.3 Å². The number of para-hydroxylation sites is 1. The first-order valence-corrected chi connectivity index (χ1v) is 10.4. The van der Waals surface area contributed by atoms with Crippen molar-refractivity contribution in [1.29, 1.82) is 0 Å². The third-order valence-electron chi connectivity index (χ3n) is 4.58. The highest BCUT2D eigenvalue weighted by Crippen LogP contribution is 2.17. The number of benzene rings is 2. The van der Waals surface area contributed by atoms with E-state index in [0.29, 0.717) is 36.6 Å². The van der Waals surface area contributed by atoms with E-state index >= 15 is 0 Å². The van der Waals surface area contributed by atoms with Gasteiger partial charge in [-0.2, -0.15) is 4.98 Å². The van der Waals surface area contributed by atoms with Crippen LogP contribution in [0.4, 0.5) is 23.1 Å². The number of likely N-dealkylation sites (N-methyl/N-ethyl adjacent to an activating group) is 1. The van der Waals surface area contributed by atoms with Gasteiger partial charge in [-0.15, -0.1) is 0 Å². The van der Waals surface area contributed by atoms with Gasteiger partial charge in [0.05, 0.1) is 0 Å². The quantitative estimate of drug-likeness (QED) is 0.285. The first-order valence-electron chi connectivity index (χ1n) is 10.4. The highest BCUT2D eigenvalue weighted by Gasteiger charge is 2.06. The van der Waals surface area contributed by atoms with Crippen molar-refractivity contribution in [3.05, 3.63) is 66.4 Å². The molecule has 0 aliphatic carbocycles. The summed E-state index contributed by atoms with van der Waals surface area (Å²) >= 11 is 0. The molecule has 0 bridgehead atoms. The molecule has 1 amide bonds. The highest BCUT2D eigenvalue weighted by atomic mass is 16.1. The average Bonchev–Trinajstić information content (AvgIpc) is 2.79. The summed E-state index contributed by atoms with van der Waals surface area (Å²) in [5.41, 5.74) is 3.31. The second-order valence-electron chi connectivity index (χ2n) is 7.01. The molecule has 158 valence electrons. The molecule has 0 aliphatic rings. The zero-order chi connectivity index (χ0) is 21.9. The Morgan fingerprint density at radius 1 is 0.968 bits per heavy atom. The average molecular weight is 414 g/mol. The topological polar surface area (TPSA) is 91.0 Å². The Hall–Kier alpha value is -3.39.